The molecule has 0 bridgehead atoms. The summed E-state index contributed by atoms with van der Waals surface area (Å²) < 4.78 is 1.56. The van der Waals surface area contributed by atoms with E-state index in [2.05, 4.69) is 20.7 Å². The Kier molecular flexibility index (Phi) is 5.52. The van der Waals surface area contributed by atoms with Gasteiger partial charge in [-0.2, -0.15) is 9.78 Å². The van der Waals surface area contributed by atoms with E-state index < -0.39 is 17.5 Å². The van der Waals surface area contributed by atoms with E-state index in [-0.39, 0.29) is 23.8 Å². The van der Waals surface area contributed by atoms with Crippen LogP contribution in [0.15, 0.2) is 30.5 Å². The number of amides is 4. The third-order valence-electron chi connectivity index (χ3n) is 6.41. The fourth-order valence-electron chi connectivity index (χ4n) is 4.46. The molecule has 2 atom stereocenters. The zero-order valence-corrected chi connectivity index (χ0v) is 19.0. The van der Waals surface area contributed by atoms with Gasteiger partial charge >= 0.3 is 6.03 Å². The van der Waals surface area contributed by atoms with Crippen LogP contribution in [-0.2, 0) is 15.0 Å². The quantitative estimate of drug-likeness (QED) is 0.713. The second kappa shape index (κ2) is 8.03. The fourth-order valence-corrected chi connectivity index (χ4v) is 4.46. The molecule has 9 heteroatoms. The number of carbonyl (C=O) groups is 3. The van der Waals surface area contributed by atoms with Gasteiger partial charge in [0.2, 0.25) is 5.91 Å². The SMILES string of the molecule is CC1CCCCC12NC(=O)N(CC(=O)Nc1cc(C(C)(C)C)nn1-c1ccccn1)C2=O. The summed E-state index contributed by atoms with van der Waals surface area (Å²) in [5.74, 6) is 0.264. The van der Waals surface area contributed by atoms with Gasteiger partial charge in [-0.3, -0.25) is 14.5 Å². The van der Waals surface area contributed by atoms with Gasteiger partial charge in [-0.25, -0.2) is 9.78 Å². The minimum Gasteiger partial charge on any atom is -0.323 e. The highest BCUT2D eigenvalue weighted by molar-refractivity contribution is 6.10. The number of hydrogen-bond acceptors (Lipinski definition) is 5. The summed E-state index contributed by atoms with van der Waals surface area (Å²) in [5.41, 5.74) is -0.345. The van der Waals surface area contributed by atoms with Crippen molar-refractivity contribution >= 4 is 23.7 Å². The molecule has 1 aliphatic carbocycles. The van der Waals surface area contributed by atoms with Gasteiger partial charge in [0.25, 0.3) is 5.91 Å². The number of anilines is 1. The second-order valence-corrected chi connectivity index (χ2v) is 9.75. The maximum Gasteiger partial charge on any atom is 0.325 e. The van der Waals surface area contributed by atoms with Gasteiger partial charge in [0.05, 0.1) is 5.69 Å². The Morgan fingerprint density at radius 3 is 2.72 bits per heavy atom. The molecule has 9 nitrogen and oxygen atoms in total. The van der Waals surface area contributed by atoms with Gasteiger partial charge in [-0.1, -0.05) is 46.6 Å². The Balaban J connectivity index is 1.55. The highest BCUT2D eigenvalue weighted by Gasteiger charge is 2.55. The Morgan fingerprint density at radius 2 is 2.06 bits per heavy atom. The molecule has 1 saturated carbocycles. The van der Waals surface area contributed by atoms with Crippen LogP contribution in [-0.4, -0.2) is 49.6 Å². The van der Waals surface area contributed by atoms with Crippen LogP contribution in [0.5, 0.6) is 0 Å². The normalized spacial score (nSPS) is 23.5. The molecule has 4 rings (SSSR count). The Morgan fingerprint density at radius 1 is 1.28 bits per heavy atom. The molecule has 3 heterocycles. The first kappa shape index (κ1) is 22.0. The molecule has 2 aliphatic rings. The molecular weight excluding hydrogens is 408 g/mol. The van der Waals surface area contributed by atoms with Gasteiger partial charge in [0.15, 0.2) is 5.82 Å². The van der Waals surface area contributed by atoms with Crippen molar-refractivity contribution in [1.82, 2.24) is 25.0 Å². The van der Waals surface area contributed by atoms with E-state index in [1.165, 1.54) is 0 Å². The van der Waals surface area contributed by atoms with Crippen LogP contribution in [0.4, 0.5) is 10.6 Å². The van der Waals surface area contributed by atoms with Crippen molar-refractivity contribution in [1.29, 1.82) is 0 Å². The maximum absolute atomic E-state index is 13.2. The summed E-state index contributed by atoms with van der Waals surface area (Å²) in [5, 5.41) is 10.3. The van der Waals surface area contributed by atoms with Crippen molar-refractivity contribution in [2.45, 2.75) is 64.3 Å². The van der Waals surface area contributed by atoms with Crippen LogP contribution in [0.3, 0.4) is 0 Å². The van der Waals surface area contributed by atoms with Crippen molar-refractivity contribution in [2.75, 3.05) is 11.9 Å². The summed E-state index contributed by atoms with van der Waals surface area (Å²) >= 11 is 0. The third kappa shape index (κ3) is 3.87. The zero-order valence-electron chi connectivity index (χ0n) is 19.0. The summed E-state index contributed by atoms with van der Waals surface area (Å²) in [6.45, 7) is 7.73. The maximum atomic E-state index is 13.2. The Bertz CT molecular complexity index is 1040. The van der Waals surface area contributed by atoms with Crippen molar-refractivity contribution < 1.29 is 14.4 Å². The average Bonchev–Trinajstić information content (AvgIpc) is 3.26. The molecule has 1 aliphatic heterocycles. The molecule has 2 aromatic heterocycles. The van der Waals surface area contributed by atoms with Crippen molar-refractivity contribution in [3.05, 3.63) is 36.2 Å². The van der Waals surface area contributed by atoms with Crippen LogP contribution in [0, 0.1) is 5.92 Å². The molecule has 0 radical (unpaired) electrons. The van der Waals surface area contributed by atoms with E-state index in [0.717, 1.165) is 29.9 Å². The first-order valence-corrected chi connectivity index (χ1v) is 11.1. The van der Waals surface area contributed by atoms with Crippen LogP contribution in [0.2, 0.25) is 0 Å². The molecular formula is C23H30N6O3. The smallest absolute Gasteiger partial charge is 0.323 e. The monoisotopic (exact) mass is 438 g/mol. The number of hydrogen-bond donors (Lipinski definition) is 2. The van der Waals surface area contributed by atoms with Crippen LogP contribution in [0.1, 0.15) is 59.1 Å². The molecule has 170 valence electrons. The Hall–Kier alpha value is -3.23. The molecule has 4 amide bonds. The first-order chi connectivity index (χ1) is 15.1. The lowest BCUT2D eigenvalue weighted by molar-refractivity contribution is -0.136. The van der Waals surface area contributed by atoms with E-state index >= 15 is 0 Å². The topological polar surface area (TPSA) is 109 Å². The molecule has 2 N–H and O–H groups in total. The lowest BCUT2D eigenvalue weighted by Crippen LogP contribution is -2.54. The van der Waals surface area contributed by atoms with Crippen molar-refractivity contribution in [2.24, 2.45) is 5.92 Å². The number of imide groups is 1. The fraction of sp³-hybridized carbons (Fsp3) is 0.522. The van der Waals surface area contributed by atoms with E-state index in [9.17, 15) is 14.4 Å². The standard InChI is InChI=1S/C23H30N6O3/c1-15-9-5-7-11-23(15)20(31)28(21(32)26-23)14-19(30)25-18-13-16(22(2,3)4)27-29(18)17-10-6-8-12-24-17/h6,8,10,12-13,15H,5,7,9,11,14H2,1-4H3,(H,25,30)(H,26,32). The number of pyridine rings is 1. The van der Waals surface area contributed by atoms with Gasteiger partial charge in [0, 0.05) is 17.7 Å². The molecule has 32 heavy (non-hydrogen) atoms. The number of nitrogens with one attached hydrogen (secondary N) is 2. The van der Waals surface area contributed by atoms with E-state index in [4.69, 9.17) is 0 Å². The largest absolute Gasteiger partial charge is 0.325 e. The summed E-state index contributed by atoms with van der Waals surface area (Å²) in [4.78, 5) is 44.0. The molecule has 0 aromatic carbocycles. The van der Waals surface area contributed by atoms with E-state index in [0.29, 0.717) is 18.1 Å². The summed E-state index contributed by atoms with van der Waals surface area (Å²) in [7, 11) is 0. The number of urea groups is 1. The van der Waals surface area contributed by atoms with Crippen molar-refractivity contribution in [3.63, 3.8) is 0 Å². The van der Waals surface area contributed by atoms with Gasteiger partial charge in [-0.05, 0) is 30.9 Å². The lowest BCUT2D eigenvalue weighted by atomic mass is 9.73. The van der Waals surface area contributed by atoms with Gasteiger partial charge in [-0.15, -0.1) is 0 Å². The molecule has 1 saturated heterocycles. The molecule has 2 fully saturated rings. The minimum atomic E-state index is -0.884. The number of aromatic nitrogens is 3. The van der Waals surface area contributed by atoms with Gasteiger partial charge in [0.1, 0.15) is 17.9 Å². The summed E-state index contributed by atoms with van der Waals surface area (Å²) in [6.07, 6.45) is 5.07. The highest BCUT2D eigenvalue weighted by atomic mass is 16.2. The lowest BCUT2D eigenvalue weighted by Gasteiger charge is -2.36. The first-order valence-electron chi connectivity index (χ1n) is 11.1. The van der Waals surface area contributed by atoms with Crippen molar-refractivity contribution in [3.8, 4) is 5.82 Å². The zero-order chi connectivity index (χ0) is 23.1. The average molecular weight is 439 g/mol. The number of carbonyl (C=O) groups excluding carboxylic acids is 3. The third-order valence-corrected chi connectivity index (χ3v) is 6.41. The minimum absolute atomic E-state index is 0.0423. The van der Waals surface area contributed by atoms with Gasteiger partial charge < -0.3 is 10.6 Å². The predicted octanol–water partition coefficient (Wildman–Crippen LogP) is 3.00. The second-order valence-electron chi connectivity index (χ2n) is 9.75. The Labute approximate surface area is 187 Å². The number of rotatable bonds is 4. The number of nitrogens with zero attached hydrogens (tertiary/aromatic N) is 4. The van der Waals surface area contributed by atoms with Crippen LogP contribution in [0.25, 0.3) is 5.82 Å². The predicted molar refractivity (Wildman–Crippen MR) is 119 cm³/mol. The van der Waals surface area contributed by atoms with Crippen LogP contribution >= 0.6 is 0 Å². The highest BCUT2D eigenvalue weighted by Crippen LogP contribution is 2.38. The van der Waals surface area contributed by atoms with E-state index in [1.54, 1.807) is 29.1 Å². The van der Waals surface area contributed by atoms with Crippen LogP contribution < -0.4 is 10.6 Å². The van der Waals surface area contributed by atoms with E-state index in [1.807, 2.05) is 33.8 Å². The molecule has 1 spiro atoms. The summed E-state index contributed by atoms with van der Waals surface area (Å²) in [6, 6.07) is 6.72. The molecule has 2 unspecified atom stereocenters. The molecule has 2 aromatic rings.